The second-order valence-corrected chi connectivity index (χ2v) is 6.45. The maximum absolute atomic E-state index is 12.3. The number of hydrogen-bond acceptors (Lipinski definition) is 7. The molecule has 0 aromatic carbocycles. The summed E-state index contributed by atoms with van der Waals surface area (Å²) >= 11 is 1.53. The Balaban J connectivity index is 1.54. The summed E-state index contributed by atoms with van der Waals surface area (Å²) in [5, 5.41) is 9.15. The van der Waals surface area contributed by atoms with Crippen LogP contribution in [0.2, 0.25) is 0 Å². The number of aromatic nitrogens is 3. The molecule has 3 heterocycles. The number of rotatable bonds is 6. The van der Waals surface area contributed by atoms with Gasteiger partial charge in [-0.15, -0.1) is 11.3 Å². The molecule has 2 aromatic heterocycles. The summed E-state index contributed by atoms with van der Waals surface area (Å²) in [6, 6.07) is 1.64. The summed E-state index contributed by atoms with van der Waals surface area (Å²) < 4.78 is 12.8. The molecule has 24 heavy (non-hydrogen) atoms. The molecule has 1 aliphatic heterocycles. The average Bonchev–Trinajstić information content (AvgIpc) is 3.16. The highest BCUT2D eigenvalue weighted by Gasteiger charge is 2.28. The summed E-state index contributed by atoms with van der Waals surface area (Å²) in [7, 11) is 0. The number of nitrogen functional groups attached to an aromatic ring is 1. The first-order valence-corrected chi connectivity index (χ1v) is 8.72. The number of nitrogens with two attached hydrogens (primary N) is 1. The summed E-state index contributed by atoms with van der Waals surface area (Å²) in [5.74, 6) is 0.338. The van der Waals surface area contributed by atoms with Crippen LogP contribution in [0.25, 0.3) is 0 Å². The van der Waals surface area contributed by atoms with Crippen molar-refractivity contribution in [3.63, 3.8) is 0 Å². The molecule has 2 aromatic rings. The van der Waals surface area contributed by atoms with Crippen LogP contribution in [0.15, 0.2) is 17.0 Å². The second kappa shape index (κ2) is 7.73. The molecule has 3 rings (SSSR count). The number of anilines is 1. The number of hydrogen-bond donors (Lipinski definition) is 2. The van der Waals surface area contributed by atoms with Crippen LogP contribution < -0.4 is 11.1 Å². The highest BCUT2D eigenvalue weighted by atomic mass is 32.1. The summed E-state index contributed by atoms with van der Waals surface area (Å²) in [4.78, 5) is 16.5. The Labute approximate surface area is 144 Å². The lowest BCUT2D eigenvalue weighted by Crippen LogP contribution is -2.50. The normalized spacial score (nSPS) is 20.9. The molecule has 0 radical (unpaired) electrons. The van der Waals surface area contributed by atoms with Gasteiger partial charge in [-0.05, 0) is 13.3 Å². The topological polar surface area (TPSA) is 104 Å². The molecule has 8 nitrogen and oxygen atoms in total. The van der Waals surface area contributed by atoms with Crippen LogP contribution in [0.3, 0.4) is 0 Å². The Kier molecular flexibility index (Phi) is 5.44. The molecule has 1 aliphatic rings. The summed E-state index contributed by atoms with van der Waals surface area (Å²) in [5.41, 5.74) is 9.26. The van der Waals surface area contributed by atoms with E-state index in [0.717, 1.165) is 11.4 Å². The first-order valence-electron chi connectivity index (χ1n) is 7.77. The van der Waals surface area contributed by atoms with Crippen molar-refractivity contribution in [2.45, 2.75) is 38.6 Å². The van der Waals surface area contributed by atoms with Gasteiger partial charge < -0.3 is 20.5 Å². The van der Waals surface area contributed by atoms with Gasteiger partial charge in [0.15, 0.2) is 0 Å². The minimum Gasteiger partial charge on any atom is -0.384 e. The van der Waals surface area contributed by atoms with E-state index in [1.807, 2.05) is 12.3 Å². The summed E-state index contributed by atoms with van der Waals surface area (Å²) in [6.07, 6.45) is 0.516. The Morgan fingerprint density at radius 1 is 1.62 bits per heavy atom. The maximum atomic E-state index is 12.3. The number of nitrogens with one attached hydrogen (secondary N) is 1. The molecule has 1 amide bonds. The van der Waals surface area contributed by atoms with E-state index in [2.05, 4.69) is 15.4 Å². The van der Waals surface area contributed by atoms with Gasteiger partial charge in [-0.1, -0.05) is 0 Å². The van der Waals surface area contributed by atoms with E-state index < -0.39 is 0 Å². The molecule has 0 aliphatic carbocycles. The van der Waals surface area contributed by atoms with Crippen LogP contribution in [-0.2, 0) is 27.4 Å². The average molecular weight is 351 g/mol. The molecular formula is C15H21N5O3S. The number of aryl methyl sites for hydroxylation is 1. The fraction of sp³-hybridized carbons (Fsp3) is 0.533. The lowest BCUT2D eigenvalue weighted by atomic mass is 10.1. The third-order valence-corrected chi connectivity index (χ3v) is 4.44. The van der Waals surface area contributed by atoms with E-state index in [-0.39, 0.29) is 24.6 Å². The van der Waals surface area contributed by atoms with Crippen LogP contribution in [0.5, 0.6) is 0 Å². The molecule has 9 heteroatoms. The first-order chi connectivity index (χ1) is 11.6. The van der Waals surface area contributed by atoms with Crippen LogP contribution in [0.4, 0.5) is 5.82 Å². The van der Waals surface area contributed by atoms with Crippen LogP contribution in [-0.4, -0.2) is 46.0 Å². The van der Waals surface area contributed by atoms with Gasteiger partial charge in [0.05, 0.1) is 36.2 Å². The molecule has 0 saturated carbocycles. The maximum Gasteiger partial charge on any atom is 0.242 e. The van der Waals surface area contributed by atoms with Gasteiger partial charge in [0.25, 0.3) is 0 Å². The van der Waals surface area contributed by atoms with Crippen molar-refractivity contribution in [1.29, 1.82) is 0 Å². The van der Waals surface area contributed by atoms with Crippen molar-refractivity contribution < 1.29 is 14.3 Å². The van der Waals surface area contributed by atoms with Gasteiger partial charge in [-0.2, -0.15) is 5.10 Å². The number of thiazole rings is 1. The third-order valence-electron chi connectivity index (χ3n) is 3.81. The van der Waals surface area contributed by atoms with E-state index in [9.17, 15) is 4.79 Å². The molecule has 2 atom stereocenters. The van der Waals surface area contributed by atoms with Gasteiger partial charge >= 0.3 is 0 Å². The highest BCUT2D eigenvalue weighted by Crippen LogP contribution is 2.14. The number of nitrogens with zero attached hydrogens (tertiary/aromatic N) is 3. The highest BCUT2D eigenvalue weighted by molar-refractivity contribution is 7.07. The van der Waals surface area contributed by atoms with Gasteiger partial charge in [-0.3, -0.25) is 4.79 Å². The quantitative estimate of drug-likeness (QED) is 0.795. The number of carbonyl (C=O) groups is 1. The van der Waals surface area contributed by atoms with Gasteiger partial charge in [-0.25, -0.2) is 9.67 Å². The van der Waals surface area contributed by atoms with E-state index in [1.165, 1.54) is 16.0 Å². The van der Waals surface area contributed by atoms with Gasteiger partial charge in [0, 0.05) is 18.1 Å². The van der Waals surface area contributed by atoms with E-state index >= 15 is 0 Å². The zero-order chi connectivity index (χ0) is 16.9. The molecule has 130 valence electrons. The Bertz CT molecular complexity index is 673. The minimum absolute atomic E-state index is 0.0931. The third kappa shape index (κ3) is 4.31. The van der Waals surface area contributed by atoms with Crippen molar-refractivity contribution in [1.82, 2.24) is 20.1 Å². The predicted molar refractivity (Wildman–Crippen MR) is 89.4 cm³/mol. The van der Waals surface area contributed by atoms with Crippen LogP contribution in [0.1, 0.15) is 17.8 Å². The first kappa shape index (κ1) is 16.9. The molecule has 0 unspecified atom stereocenters. The lowest BCUT2D eigenvalue weighted by Gasteiger charge is -2.32. The number of ether oxygens (including phenoxy) is 2. The smallest absolute Gasteiger partial charge is 0.242 e. The van der Waals surface area contributed by atoms with Crippen molar-refractivity contribution in [3.8, 4) is 0 Å². The van der Waals surface area contributed by atoms with Gasteiger partial charge in [0.1, 0.15) is 18.5 Å². The van der Waals surface area contributed by atoms with Crippen molar-refractivity contribution in [2.75, 3.05) is 18.9 Å². The molecule has 0 bridgehead atoms. The molecule has 0 spiro atoms. The van der Waals surface area contributed by atoms with E-state index in [0.29, 0.717) is 32.1 Å². The van der Waals surface area contributed by atoms with Crippen molar-refractivity contribution >= 4 is 23.1 Å². The molecule has 1 fully saturated rings. The lowest BCUT2D eigenvalue weighted by molar-refractivity contribution is -0.127. The molecular weight excluding hydrogens is 330 g/mol. The zero-order valence-electron chi connectivity index (χ0n) is 13.5. The zero-order valence-corrected chi connectivity index (χ0v) is 14.3. The van der Waals surface area contributed by atoms with E-state index in [1.54, 1.807) is 11.6 Å². The Hall–Kier alpha value is -1.97. The van der Waals surface area contributed by atoms with Crippen LogP contribution in [0, 0.1) is 6.92 Å². The number of carbonyl (C=O) groups excluding carboxylic acids is 1. The Morgan fingerprint density at radius 2 is 2.50 bits per heavy atom. The fourth-order valence-corrected chi connectivity index (χ4v) is 3.17. The van der Waals surface area contributed by atoms with Crippen molar-refractivity contribution in [2.24, 2.45) is 0 Å². The second-order valence-electron chi connectivity index (χ2n) is 5.74. The standard InChI is InChI=1S/C15H21N5O3S/c1-10-4-14(16)20(19-10)5-15(21)18-12-2-3-22-7-13(12)23-6-11-8-24-9-17-11/h4,8-9,12-13H,2-3,5-7,16H2,1H3,(H,18,21)/t12-,13-/m1/s1. The van der Waals surface area contributed by atoms with Crippen LogP contribution >= 0.6 is 11.3 Å². The Morgan fingerprint density at radius 3 is 3.21 bits per heavy atom. The minimum atomic E-state index is -0.193. The number of amides is 1. The van der Waals surface area contributed by atoms with Gasteiger partial charge in [0.2, 0.25) is 5.91 Å². The van der Waals surface area contributed by atoms with E-state index in [4.69, 9.17) is 15.2 Å². The fourth-order valence-electron chi connectivity index (χ4n) is 2.62. The largest absolute Gasteiger partial charge is 0.384 e. The summed E-state index contributed by atoms with van der Waals surface area (Å²) in [6.45, 7) is 3.40. The molecule has 3 N–H and O–H groups in total. The monoisotopic (exact) mass is 351 g/mol. The molecule has 1 saturated heterocycles. The SMILES string of the molecule is Cc1cc(N)n(CC(=O)N[C@@H]2CCOC[C@H]2OCc2cscn2)n1. The van der Waals surface area contributed by atoms with Crippen molar-refractivity contribution in [3.05, 3.63) is 28.3 Å². The predicted octanol–water partition coefficient (Wildman–Crippen LogP) is 0.721.